The predicted molar refractivity (Wildman–Crippen MR) is 246 cm³/mol. The van der Waals surface area contributed by atoms with Gasteiger partial charge in [-0.05, 0) is 112 Å². The molecule has 4 saturated heterocycles. The molecule has 5 amide bonds. The van der Waals surface area contributed by atoms with E-state index < -0.39 is 41.0 Å². The van der Waals surface area contributed by atoms with Crippen LogP contribution in [-0.2, 0) is 36.8 Å². The smallest absolute Gasteiger partial charge is 0.247 e. The number of benzene rings is 2. The third-order valence-electron chi connectivity index (χ3n) is 12.6. The van der Waals surface area contributed by atoms with E-state index in [1.807, 2.05) is 76.3 Å². The first kappa shape index (κ1) is 45.8. The summed E-state index contributed by atoms with van der Waals surface area (Å²) in [5.74, 6) is 0.408. The van der Waals surface area contributed by atoms with Gasteiger partial charge in [0.1, 0.15) is 24.2 Å². The topological polar surface area (TPSA) is 164 Å². The van der Waals surface area contributed by atoms with Crippen molar-refractivity contribution in [3.8, 4) is 0 Å². The van der Waals surface area contributed by atoms with E-state index in [-0.39, 0.29) is 46.3 Å². The van der Waals surface area contributed by atoms with Crippen molar-refractivity contribution in [3.63, 3.8) is 0 Å². The number of hydrogen-bond acceptors (Lipinski definition) is 10. The lowest BCUT2D eigenvalue weighted by Gasteiger charge is -2.34. The molecule has 16 heteroatoms. The number of fused-ring (bicyclic) bond motifs is 2. The highest BCUT2D eigenvalue weighted by atomic mass is 32.2. The quantitative estimate of drug-likeness (QED) is 0.157. The molecular formula is C44H62N8O5S3. The highest BCUT2D eigenvalue weighted by molar-refractivity contribution is 8.00. The van der Waals surface area contributed by atoms with E-state index in [1.54, 1.807) is 47.3 Å². The van der Waals surface area contributed by atoms with Crippen LogP contribution in [0, 0.1) is 10.8 Å². The molecule has 0 aromatic heterocycles. The molecular weight excluding hydrogens is 817 g/mol. The van der Waals surface area contributed by atoms with Gasteiger partial charge in [0.25, 0.3) is 0 Å². The van der Waals surface area contributed by atoms with E-state index in [9.17, 15) is 24.0 Å². The third-order valence-corrected chi connectivity index (χ3v) is 15.6. The number of thioether (sulfide) groups is 2. The molecule has 13 nitrogen and oxygen atoms in total. The number of nitrogens with one attached hydrogen (secondary N) is 6. The van der Waals surface area contributed by atoms with Crippen LogP contribution in [0.15, 0.2) is 48.5 Å². The minimum absolute atomic E-state index is 0.0909. The molecule has 2 unspecified atom stereocenters. The maximum absolute atomic E-state index is 14.4. The van der Waals surface area contributed by atoms with Crippen LogP contribution in [0.5, 0.6) is 0 Å². The molecule has 60 heavy (non-hydrogen) atoms. The number of likely N-dealkylation sites (N-methyl/N-ethyl adjacent to an activating group) is 2. The summed E-state index contributed by atoms with van der Waals surface area (Å²) < 4.78 is 0. The molecule has 4 aliphatic heterocycles. The fourth-order valence-electron chi connectivity index (χ4n) is 8.95. The first-order valence-corrected chi connectivity index (χ1v) is 23.6. The van der Waals surface area contributed by atoms with Crippen LogP contribution >= 0.6 is 35.7 Å². The van der Waals surface area contributed by atoms with Crippen molar-refractivity contribution in [3.05, 3.63) is 59.7 Å². The number of nitrogens with zero attached hydrogens (tertiary/aromatic N) is 2. The van der Waals surface area contributed by atoms with E-state index in [4.69, 9.17) is 12.2 Å². The van der Waals surface area contributed by atoms with Crippen LogP contribution < -0.4 is 31.9 Å². The summed E-state index contributed by atoms with van der Waals surface area (Å²) in [6.07, 6.45) is 3.60. The van der Waals surface area contributed by atoms with E-state index in [1.165, 1.54) is 0 Å². The average Bonchev–Trinajstić information content (AvgIpc) is 3.53. The molecule has 2 aromatic carbocycles. The molecule has 0 spiro atoms. The molecule has 6 N–H and O–H groups in total. The molecule has 0 bridgehead atoms. The second kappa shape index (κ2) is 19.1. The first-order chi connectivity index (χ1) is 28.5. The van der Waals surface area contributed by atoms with Crippen molar-refractivity contribution in [2.24, 2.45) is 10.8 Å². The number of carbonyl (C=O) groups is 5. The predicted octanol–water partition coefficient (Wildman–Crippen LogP) is 4.52. The number of aryl methyl sites for hydroxylation is 2. The van der Waals surface area contributed by atoms with Gasteiger partial charge in [0.2, 0.25) is 29.5 Å². The van der Waals surface area contributed by atoms with Gasteiger partial charge < -0.3 is 41.7 Å². The van der Waals surface area contributed by atoms with Crippen LogP contribution in [0.3, 0.4) is 0 Å². The van der Waals surface area contributed by atoms with Crippen LogP contribution in [-0.4, -0.2) is 117 Å². The number of rotatable bonds is 13. The molecule has 326 valence electrons. The molecule has 0 radical (unpaired) electrons. The Hall–Kier alpha value is -3.70. The summed E-state index contributed by atoms with van der Waals surface area (Å²) in [7, 11) is 3.53. The summed E-state index contributed by atoms with van der Waals surface area (Å²) in [5.41, 5.74) is 2.21. The Morgan fingerprint density at radius 2 is 1.12 bits per heavy atom. The van der Waals surface area contributed by atoms with E-state index in [2.05, 4.69) is 45.7 Å². The lowest BCUT2D eigenvalue weighted by atomic mass is 9.84. The summed E-state index contributed by atoms with van der Waals surface area (Å²) in [6.45, 7) is 11.9. The van der Waals surface area contributed by atoms with Crippen molar-refractivity contribution in [2.45, 2.75) is 127 Å². The van der Waals surface area contributed by atoms with Crippen LogP contribution in [0.25, 0.3) is 0 Å². The van der Waals surface area contributed by atoms with Gasteiger partial charge in [0.15, 0.2) is 0 Å². The summed E-state index contributed by atoms with van der Waals surface area (Å²) in [6, 6.07) is 12.2. The second-order valence-electron chi connectivity index (χ2n) is 17.8. The van der Waals surface area contributed by atoms with E-state index in [0.717, 1.165) is 16.9 Å². The second-order valence-corrected chi connectivity index (χ2v) is 20.9. The fourth-order valence-corrected chi connectivity index (χ4v) is 12.4. The highest BCUT2D eigenvalue weighted by Gasteiger charge is 2.56. The van der Waals surface area contributed by atoms with Gasteiger partial charge in [-0.1, -0.05) is 76.3 Å². The Balaban J connectivity index is 1.16. The Morgan fingerprint density at radius 3 is 1.55 bits per heavy atom. The molecule has 2 aromatic rings. The molecule has 8 atom stereocenters. The Labute approximate surface area is 368 Å². The third kappa shape index (κ3) is 9.83. The zero-order chi connectivity index (χ0) is 43.5. The average molecular weight is 879 g/mol. The Kier molecular flexibility index (Phi) is 14.6. The number of amides is 5. The van der Waals surface area contributed by atoms with Crippen LogP contribution in [0.1, 0.15) is 78.4 Å². The first-order valence-electron chi connectivity index (χ1n) is 21.1. The maximum atomic E-state index is 14.4. The van der Waals surface area contributed by atoms with Gasteiger partial charge in [0.05, 0.1) is 27.8 Å². The Morgan fingerprint density at radius 1 is 0.700 bits per heavy atom. The number of hydrogen-bond donors (Lipinski definition) is 6. The summed E-state index contributed by atoms with van der Waals surface area (Å²) in [5, 5.41) is 18.4. The highest BCUT2D eigenvalue weighted by Crippen LogP contribution is 2.48. The van der Waals surface area contributed by atoms with Gasteiger partial charge in [-0.25, -0.2) is 0 Å². The van der Waals surface area contributed by atoms with Gasteiger partial charge >= 0.3 is 0 Å². The lowest BCUT2D eigenvalue weighted by molar-refractivity contribution is -0.142. The minimum Gasteiger partial charge on any atom is -0.367 e. The van der Waals surface area contributed by atoms with Gasteiger partial charge in [-0.3, -0.25) is 24.0 Å². The number of anilines is 2. The van der Waals surface area contributed by atoms with Gasteiger partial charge in [-0.15, -0.1) is 23.5 Å². The molecule has 4 heterocycles. The minimum atomic E-state index is -0.737. The molecule has 0 saturated carbocycles. The van der Waals surface area contributed by atoms with Gasteiger partial charge in [0, 0.05) is 11.4 Å². The molecule has 4 fully saturated rings. The van der Waals surface area contributed by atoms with Crippen molar-refractivity contribution < 1.29 is 24.0 Å². The SMILES string of the molecule is CN[C@@H](C)C(=O)N[C@H]1CCSC2CC(C)(C)[C@@H](C(=O)Nc3ccccc3CCc3ccccc3NC(=O)[C@H]3N4C(=O)[C@@H](NC(=S)[C@H](C)NC)CCSC4CC3(C)C)N2C1=O. The van der Waals surface area contributed by atoms with Crippen molar-refractivity contribution in [1.29, 1.82) is 0 Å². The standard InChI is InChI=1S/C44H62N8O5S3/c1-25(45-7)37(53)49-31-19-21-59-33-23-43(3,4)35(51(33)41(31)56)38(54)47-29-15-11-9-13-27(29)17-18-28-14-10-12-16-30(28)48-39(55)36-44(5,6)24-34-52(36)42(57)32(20-22-60-34)50-40(58)26(2)46-8/h9-16,25-26,31-36,45-46H,17-24H2,1-8H3,(H,47,54)(H,48,55)(H,49,53)(H,50,58)/t25-,26-,31-,32-,33?,34?,35+,36+/m0/s1. The normalized spacial score (nSPS) is 26.8. The molecule has 4 aliphatic rings. The van der Waals surface area contributed by atoms with Crippen LogP contribution in [0.4, 0.5) is 11.4 Å². The number of carbonyl (C=O) groups excluding carboxylic acids is 5. The number of para-hydroxylation sites is 2. The fraction of sp³-hybridized carbons (Fsp3) is 0.591. The van der Waals surface area contributed by atoms with E-state index in [0.29, 0.717) is 60.6 Å². The van der Waals surface area contributed by atoms with Crippen molar-refractivity contribution in [1.82, 2.24) is 31.1 Å². The zero-order valence-electron chi connectivity index (χ0n) is 36.1. The maximum Gasteiger partial charge on any atom is 0.247 e. The summed E-state index contributed by atoms with van der Waals surface area (Å²) in [4.78, 5) is 74.0. The zero-order valence-corrected chi connectivity index (χ0v) is 38.5. The molecule has 6 rings (SSSR count). The van der Waals surface area contributed by atoms with Crippen molar-refractivity contribution in [2.75, 3.05) is 36.2 Å². The van der Waals surface area contributed by atoms with Gasteiger partial charge in [-0.2, -0.15) is 0 Å². The van der Waals surface area contributed by atoms with Crippen LogP contribution in [0.2, 0.25) is 0 Å². The Bertz CT molecular complexity index is 1830. The molecule has 0 aliphatic carbocycles. The summed E-state index contributed by atoms with van der Waals surface area (Å²) >= 11 is 8.99. The largest absolute Gasteiger partial charge is 0.367 e. The van der Waals surface area contributed by atoms with Crippen molar-refractivity contribution >= 4 is 81.6 Å². The van der Waals surface area contributed by atoms with E-state index >= 15 is 0 Å². The lowest BCUT2D eigenvalue weighted by Crippen LogP contribution is -2.57. The number of thiocarbonyl (C=S) groups is 1. The monoisotopic (exact) mass is 878 g/mol.